The van der Waals surface area contributed by atoms with Gasteiger partial charge in [0.15, 0.2) is 0 Å². The van der Waals surface area contributed by atoms with Gasteiger partial charge < -0.3 is 9.47 Å². The van der Waals surface area contributed by atoms with Crippen LogP contribution in [0.15, 0.2) is 0 Å². The standard InChI is InChI=1S/C30H58O4/c1-6-10-13-15-17-19-25-33-28(31)23-21-22-27(30(5,9-4)24-12-8-3)29(32)34-26-20-18-16-14-11-7-2/h27H,6-26H2,1-5H3. The minimum Gasteiger partial charge on any atom is -0.466 e. The second-order valence-corrected chi connectivity index (χ2v) is 10.5. The van der Waals surface area contributed by atoms with Gasteiger partial charge in [0.05, 0.1) is 19.1 Å². The highest BCUT2D eigenvalue weighted by Crippen LogP contribution is 2.40. The average Bonchev–Trinajstić information content (AvgIpc) is 2.84. The van der Waals surface area contributed by atoms with Gasteiger partial charge in [-0.2, -0.15) is 0 Å². The fourth-order valence-corrected chi connectivity index (χ4v) is 4.68. The summed E-state index contributed by atoms with van der Waals surface area (Å²) in [6.45, 7) is 12.1. The molecular formula is C30H58O4. The number of ether oxygens (including phenoxy) is 2. The normalized spacial score (nSPS) is 13.9. The van der Waals surface area contributed by atoms with Crippen LogP contribution in [0.4, 0.5) is 0 Å². The smallest absolute Gasteiger partial charge is 0.309 e. The average molecular weight is 483 g/mol. The quantitative estimate of drug-likeness (QED) is 0.102. The molecule has 0 aliphatic carbocycles. The first-order valence-corrected chi connectivity index (χ1v) is 14.8. The summed E-state index contributed by atoms with van der Waals surface area (Å²) in [6, 6.07) is 0. The summed E-state index contributed by atoms with van der Waals surface area (Å²) in [5, 5.41) is 0. The molecule has 0 heterocycles. The zero-order chi connectivity index (χ0) is 25.5. The van der Waals surface area contributed by atoms with Crippen LogP contribution in [0.2, 0.25) is 0 Å². The molecule has 0 saturated carbocycles. The topological polar surface area (TPSA) is 52.6 Å². The van der Waals surface area contributed by atoms with Crippen LogP contribution < -0.4 is 0 Å². The van der Waals surface area contributed by atoms with Crippen LogP contribution in [0.1, 0.15) is 157 Å². The van der Waals surface area contributed by atoms with E-state index in [0.717, 1.165) is 51.4 Å². The lowest BCUT2D eigenvalue weighted by atomic mass is 9.69. The molecule has 0 aliphatic heterocycles. The Kier molecular flexibility index (Phi) is 21.7. The molecule has 4 nitrogen and oxygen atoms in total. The fourth-order valence-electron chi connectivity index (χ4n) is 4.68. The maximum absolute atomic E-state index is 13.1. The molecule has 0 amide bonds. The van der Waals surface area contributed by atoms with E-state index in [0.29, 0.717) is 32.5 Å². The lowest BCUT2D eigenvalue weighted by Crippen LogP contribution is -2.35. The third kappa shape index (κ3) is 16.5. The predicted molar refractivity (Wildman–Crippen MR) is 144 cm³/mol. The maximum Gasteiger partial charge on any atom is 0.309 e. The van der Waals surface area contributed by atoms with Crippen molar-refractivity contribution in [1.82, 2.24) is 0 Å². The zero-order valence-electron chi connectivity index (χ0n) is 23.6. The Labute approximate surface area is 212 Å². The number of carbonyl (C=O) groups excluding carboxylic acids is 2. The van der Waals surface area contributed by atoms with Crippen LogP contribution in [-0.4, -0.2) is 25.2 Å². The molecule has 0 aromatic carbocycles. The summed E-state index contributed by atoms with van der Waals surface area (Å²) in [5.41, 5.74) is -0.0728. The molecule has 34 heavy (non-hydrogen) atoms. The minimum atomic E-state index is -0.143. The van der Waals surface area contributed by atoms with E-state index in [9.17, 15) is 9.59 Å². The lowest BCUT2D eigenvalue weighted by Gasteiger charge is -2.36. The molecule has 0 aliphatic rings. The van der Waals surface area contributed by atoms with Crippen molar-refractivity contribution in [2.75, 3.05) is 13.2 Å². The summed E-state index contributed by atoms with van der Waals surface area (Å²) >= 11 is 0. The summed E-state index contributed by atoms with van der Waals surface area (Å²) in [5.74, 6) is -0.329. The number of unbranched alkanes of at least 4 members (excludes halogenated alkanes) is 11. The number of hydrogen-bond donors (Lipinski definition) is 0. The summed E-state index contributed by atoms with van der Waals surface area (Å²) in [4.78, 5) is 25.3. The second-order valence-electron chi connectivity index (χ2n) is 10.5. The van der Waals surface area contributed by atoms with Gasteiger partial charge >= 0.3 is 11.9 Å². The molecule has 0 N–H and O–H groups in total. The molecule has 4 heteroatoms. The van der Waals surface area contributed by atoms with Crippen molar-refractivity contribution in [1.29, 1.82) is 0 Å². The maximum atomic E-state index is 13.1. The van der Waals surface area contributed by atoms with Crippen LogP contribution in [0.3, 0.4) is 0 Å². The van der Waals surface area contributed by atoms with Gasteiger partial charge in [0.25, 0.3) is 0 Å². The molecule has 0 spiro atoms. The van der Waals surface area contributed by atoms with E-state index in [1.165, 1.54) is 51.4 Å². The Hall–Kier alpha value is -1.06. The van der Waals surface area contributed by atoms with Gasteiger partial charge in [0, 0.05) is 6.42 Å². The molecule has 0 rings (SSSR count). The number of esters is 2. The Morgan fingerprint density at radius 3 is 1.68 bits per heavy atom. The first-order chi connectivity index (χ1) is 16.4. The van der Waals surface area contributed by atoms with Gasteiger partial charge in [-0.1, -0.05) is 112 Å². The fraction of sp³-hybridized carbons (Fsp3) is 0.933. The van der Waals surface area contributed by atoms with E-state index in [4.69, 9.17) is 9.47 Å². The van der Waals surface area contributed by atoms with Crippen LogP contribution >= 0.6 is 0 Å². The SMILES string of the molecule is CCCCCCCCOC(=O)CCCC(C(=O)OCCCCCCCC)C(C)(CC)CCCC. The number of carbonyl (C=O) groups is 2. The number of rotatable bonds is 24. The van der Waals surface area contributed by atoms with Crippen LogP contribution in [0.25, 0.3) is 0 Å². The van der Waals surface area contributed by atoms with E-state index < -0.39 is 0 Å². The molecule has 0 fully saturated rings. The van der Waals surface area contributed by atoms with Gasteiger partial charge in [0.2, 0.25) is 0 Å². The largest absolute Gasteiger partial charge is 0.466 e. The Morgan fingerprint density at radius 2 is 1.15 bits per heavy atom. The molecule has 202 valence electrons. The highest BCUT2D eigenvalue weighted by atomic mass is 16.5. The van der Waals surface area contributed by atoms with E-state index in [1.807, 2.05) is 0 Å². The molecule has 0 aromatic rings. The van der Waals surface area contributed by atoms with E-state index in [1.54, 1.807) is 0 Å². The molecule has 0 saturated heterocycles. The highest BCUT2D eigenvalue weighted by molar-refractivity contribution is 5.73. The summed E-state index contributed by atoms with van der Waals surface area (Å²) < 4.78 is 11.2. The molecule has 0 aromatic heterocycles. The Balaban J connectivity index is 4.52. The van der Waals surface area contributed by atoms with Gasteiger partial charge in [-0.05, 0) is 43.9 Å². The van der Waals surface area contributed by atoms with Gasteiger partial charge in [-0.3, -0.25) is 9.59 Å². The summed E-state index contributed by atoms with van der Waals surface area (Å²) in [7, 11) is 0. The van der Waals surface area contributed by atoms with E-state index in [2.05, 4.69) is 34.6 Å². The lowest BCUT2D eigenvalue weighted by molar-refractivity contribution is -0.155. The first kappa shape index (κ1) is 32.9. The minimum absolute atomic E-state index is 0.0607. The molecule has 0 bridgehead atoms. The van der Waals surface area contributed by atoms with E-state index >= 15 is 0 Å². The third-order valence-electron chi connectivity index (χ3n) is 7.41. The first-order valence-electron chi connectivity index (χ1n) is 14.8. The molecular weight excluding hydrogens is 424 g/mol. The van der Waals surface area contributed by atoms with Crippen LogP contribution in [0, 0.1) is 11.3 Å². The Bertz CT molecular complexity index is 490. The monoisotopic (exact) mass is 482 g/mol. The van der Waals surface area contributed by atoms with Gasteiger partial charge in [-0.25, -0.2) is 0 Å². The van der Waals surface area contributed by atoms with Crippen molar-refractivity contribution >= 4 is 11.9 Å². The highest BCUT2D eigenvalue weighted by Gasteiger charge is 2.38. The molecule has 2 unspecified atom stereocenters. The van der Waals surface area contributed by atoms with Crippen molar-refractivity contribution in [3.8, 4) is 0 Å². The van der Waals surface area contributed by atoms with Crippen molar-refractivity contribution in [3.05, 3.63) is 0 Å². The molecule has 0 radical (unpaired) electrons. The third-order valence-corrected chi connectivity index (χ3v) is 7.41. The predicted octanol–water partition coefficient (Wildman–Crippen LogP) is 9.19. The van der Waals surface area contributed by atoms with Crippen molar-refractivity contribution in [3.63, 3.8) is 0 Å². The van der Waals surface area contributed by atoms with Gasteiger partial charge in [0.1, 0.15) is 0 Å². The second kappa shape index (κ2) is 22.4. The number of hydrogen-bond acceptors (Lipinski definition) is 4. The zero-order valence-corrected chi connectivity index (χ0v) is 23.6. The van der Waals surface area contributed by atoms with Crippen molar-refractivity contribution in [2.45, 2.75) is 157 Å². The summed E-state index contributed by atoms with van der Waals surface area (Å²) in [6.07, 6.45) is 20.2. The van der Waals surface area contributed by atoms with Gasteiger partial charge in [-0.15, -0.1) is 0 Å². The van der Waals surface area contributed by atoms with Crippen molar-refractivity contribution < 1.29 is 19.1 Å². The van der Waals surface area contributed by atoms with Crippen LogP contribution in [0.5, 0.6) is 0 Å². The van der Waals surface area contributed by atoms with Crippen LogP contribution in [-0.2, 0) is 19.1 Å². The molecule has 2 atom stereocenters. The Morgan fingerprint density at radius 1 is 0.647 bits per heavy atom. The van der Waals surface area contributed by atoms with E-state index in [-0.39, 0.29) is 23.3 Å². The van der Waals surface area contributed by atoms with Crippen molar-refractivity contribution in [2.24, 2.45) is 11.3 Å².